The first-order valence-corrected chi connectivity index (χ1v) is 7.99. The number of amides is 1. The van der Waals surface area contributed by atoms with Crippen LogP contribution in [0.25, 0.3) is 0 Å². The van der Waals surface area contributed by atoms with Crippen molar-refractivity contribution in [2.45, 2.75) is 19.0 Å². The van der Waals surface area contributed by atoms with Crippen molar-refractivity contribution in [3.8, 4) is 0 Å². The summed E-state index contributed by atoms with van der Waals surface area (Å²) in [6, 6.07) is 3.34. The minimum atomic E-state index is -4.29. The number of halogens is 3. The van der Waals surface area contributed by atoms with E-state index in [1.807, 2.05) is 0 Å². The summed E-state index contributed by atoms with van der Waals surface area (Å²) in [5, 5.41) is 5.32. The third-order valence-electron chi connectivity index (χ3n) is 4.70. The Hall–Kier alpha value is -2.12. The van der Waals surface area contributed by atoms with Gasteiger partial charge in [-0.15, -0.1) is 0 Å². The Morgan fingerprint density at radius 2 is 2.00 bits per heavy atom. The number of anilines is 3. The van der Waals surface area contributed by atoms with Gasteiger partial charge in [-0.1, -0.05) is 0 Å². The molecule has 1 amide bonds. The molecule has 1 aromatic carbocycles. The summed E-state index contributed by atoms with van der Waals surface area (Å²) in [5.41, 5.74) is 8.09. The number of nitrogens with one attached hydrogen (secondary N) is 2. The monoisotopic (exact) mass is 342 g/mol. The van der Waals surface area contributed by atoms with E-state index in [4.69, 9.17) is 5.73 Å². The highest BCUT2D eigenvalue weighted by molar-refractivity contribution is 6.02. The zero-order chi connectivity index (χ0) is 17.5. The smallest absolute Gasteiger partial charge is 0.390 e. The molecule has 5 nitrogen and oxygen atoms in total. The number of carbonyl (C=O) groups is 1. The molecular weight excluding hydrogens is 321 g/mol. The lowest BCUT2D eigenvalue weighted by molar-refractivity contribution is -0.132. The van der Waals surface area contributed by atoms with Crippen molar-refractivity contribution in [2.75, 3.05) is 42.6 Å². The number of carbonyl (C=O) groups excluding carboxylic acids is 1. The van der Waals surface area contributed by atoms with Crippen LogP contribution in [-0.4, -0.2) is 38.8 Å². The number of hydrogen-bond acceptors (Lipinski definition) is 4. The van der Waals surface area contributed by atoms with Crippen LogP contribution in [0.2, 0.25) is 0 Å². The van der Waals surface area contributed by atoms with Gasteiger partial charge in [0.2, 0.25) is 0 Å². The van der Waals surface area contributed by atoms with E-state index < -0.39 is 25.0 Å². The van der Waals surface area contributed by atoms with E-state index in [1.165, 1.54) is 12.5 Å². The van der Waals surface area contributed by atoms with Crippen LogP contribution >= 0.6 is 0 Å². The molecule has 0 aromatic heterocycles. The molecule has 1 saturated carbocycles. The summed E-state index contributed by atoms with van der Waals surface area (Å²) in [4.78, 5) is 14.5. The van der Waals surface area contributed by atoms with Gasteiger partial charge in [-0.3, -0.25) is 4.79 Å². The van der Waals surface area contributed by atoms with Gasteiger partial charge in [0.05, 0.1) is 29.0 Å². The Balaban J connectivity index is 1.79. The first kappa shape index (κ1) is 16.7. The molecule has 2 aliphatic rings. The molecule has 0 radical (unpaired) electrons. The van der Waals surface area contributed by atoms with E-state index in [1.54, 1.807) is 13.1 Å². The van der Waals surface area contributed by atoms with Gasteiger partial charge in [-0.2, -0.15) is 13.2 Å². The number of hydrogen-bond donors (Lipinski definition) is 3. The second-order valence-corrected chi connectivity index (χ2v) is 6.49. The second kappa shape index (κ2) is 6.07. The van der Waals surface area contributed by atoms with Crippen LogP contribution in [0, 0.1) is 11.8 Å². The Labute approximate surface area is 138 Å². The van der Waals surface area contributed by atoms with Gasteiger partial charge < -0.3 is 21.3 Å². The van der Waals surface area contributed by atoms with E-state index in [-0.39, 0.29) is 0 Å². The molecule has 8 heteroatoms. The fourth-order valence-electron chi connectivity index (χ4n) is 3.27. The summed E-state index contributed by atoms with van der Waals surface area (Å²) in [6.45, 7) is 1.31. The Morgan fingerprint density at radius 1 is 1.33 bits per heavy atom. The third-order valence-corrected chi connectivity index (χ3v) is 4.70. The largest absolute Gasteiger partial charge is 0.397 e. The Kier molecular flexibility index (Phi) is 4.23. The summed E-state index contributed by atoms with van der Waals surface area (Å²) >= 11 is 0. The first-order valence-electron chi connectivity index (χ1n) is 7.99. The average molecular weight is 342 g/mol. The van der Waals surface area contributed by atoms with Crippen molar-refractivity contribution in [1.29, 1.82) is 0 Å². The quantitative estimate of drug-likeness (QED) is 0.719. The van der Waals surface area contributed by atoms with Crippen LogP contribution in [0.15, 0.2) is 12.1 Å². The zero-order valence-corrected chi connectivity index (χ0v) is 13.4. The normalized spacial score (nSPS) is 22.2. The van der Waals surface area contributed by atoms with Gasteiger partial charge in [0.1, 0.15) is 0 Å². The lowest BCUT2D eigenvalue weighted by Crippen LogP contribution is -2.31. The fourth-order valence-corrected chi connectivity index (χ4v) is 3.27. The van der Waals surface area contributed by atoms with Gasteiger partial charge in [0, 0.05) is 26.7 Å². The third kappa shape index (κ3) is 3.52. The summed E-state index contributed by atoms with van der Waals surface area (Å²) in [6.07, 6.45) is -4.12. The number of benzene rings is 1. The molecule has 1 saturated heterocycles. The molecular formula is C16H21F3N4O. The van der Waals surface area contributed by atoms with E-state index in [9.17, 15) is 18.0 Å². The molecule has 3 rings (SSSR count). The van der Waals surface area contributed by atoms with Crippen molar-refractivity contribution in [3.05, 3.63) is 17.7 Å². The van der Waals surface area contributed by atoms with Crippen LogP contribution < -0.4 is 21.3 Å². The Bertz CT molecular complexity index is 637. The number of nitrogens with two attached hydrogens (primary N) is 1. The van der Waals surface area contributed by atoms with E-state index >= 15 is 0 Å². The van der Waals surface area contributed by atoms with Crippen molar-refractivity contribution < 1.29 is 18.0 Å². The molecule has 1 aliphatic heterocycles. The fraction of sp³-hybridized carbons (Fsp3) is 0.562. The topological polar surface area (TPSA) is 70.4 Å². The molecule has 2 atom stereocenters. The number of piperidine rings is 1. The summed E-state index contributed by atoms with van der Waals surface area (Å²) in [5.74, 6) is 0.813. The van der Waals surface area contributed by atoms with Gasteiger partial charge in [-0.05, 0) is 30.4 Å². The number of nitrogen functional groups attached to an aromatic ring is 1. The molecule has 0 spiro atoms. The van der Waals surface area contributed by atoms with Crippen molar-refractivity contribution >= 4 is 23.0 Å². The lowest BCUT2D eigenvalue weighted by atomic mass is 10.1. The standard InChI is InChI=1S/C16H21F3N4O/c1-21-13-6-14(23-7-9-4-10(9)8-23)11(5-12(13)20)15(24)22-3-2-16(17,18)19/h5-6,9-10,21H,2-4,7-8,20H2,1H3,(H,22,24). The summed E-state index contributed by atoms with van der Waals surface area (Å²) < 4.78 is 36.8. The highest BCUT2D eigenvalue weighted by Crippen LogP contribution is 2.47. The molecule has 1 heterocycles. The van der Waals surface area contributed by atoms with Crippen LogP contribution in [0.5, 0.6) is 0 Å². The first-order chi connectivity index (χ1) is 11.3. The highest BCUT2D eigenvalue weighted by Gasteiger charge is 2.45. The predicted octanol–water partition coefficient (Wildman–Crippen LogP) is 2.45. The second-order valence-electron chi connectivity index (χ2n) is 6.49. The maximum absolute atomic E-state index is 12.4. The summed E-state index contributed by atoms with van der Waals surface area (Å²) in [7, 11) is 1.74. The maximum atomic E-state index is 12.4. The van der Waals surface area contributed by atoms with Gasteiger partial charge in [0.15, 0.2) is 0 Å². The number of rotatable bonds is 5. The van der Waals surface area contributed by atoms with Gasteiger partial charge in [0.25, 0.3) is 5.91 Å². The van der Waals surface area contributed by atoms with E-state index in [0.717, 1.165) is 18.8 Å². The molecule has 132 valence electrons. The van der Waals surface area contributed by atoms with Crippen molar-refractivity contribution in [2.24, 2.45) is 11.8 Å². The molecule has 1 aromatic rings. The maximum Gasteiger partial charge on any atom is 0.390 e. The Morgan fingerprint density at radius 3 is 2.58 bits per heavy atom. The van der Waals surface area contributed by atoms with Crippen LogP contribution in [0.4, 0.5) is 30.2 Å². The zero-order valence-electron chi connectivity index (χ0n) is 13.4. The SMILES string of the molecule is CNc1cc(N2CC3CC3C2)c(C(=O)NCCC(F)(F)F)cc1N. The van der Waals surface area contributed by atoms with Crippen LogP contribution in [-0.2, 0) is 0 Å². The number of fused-ring (bicyclic) bond motifs is 1. The van der Waals surface area contributed by atoms with Gasteiger partial charge >= 0.3 is 6.18 Å². The van der Waals surface area contributed by atoms with Crippen LogP contribution in [0.3, 0.4) is 0 Å². The molecule has 24 heavy (non-hydrogen) atoms. The van der Waals surface area contributed by atoms with E-state index in [2.05, 4.69) is 15.5 Å². The molecule has 4 N–H and O–H groups in total. The molecule has 0 bridgehead atoms. The van der Waals surface area contributed by atoms with Crippen molar-refractivity contribution in [1.82, 2.24) is 5.32 Å². The van der Waals surface area contributed by atoms with Crippen molar-refractivity contribution in [3.63, 3.8) is 0 Å². The van der Waals surface area contributed by atoms with Gasteiger partial charge in [-0.25, -0.2) is 0 Å². The highest BCUT2D eigenvalue weighted by atomic mass is 19.4. The number of nitrogens with zero attached hydrogens (tertiary/aromatic N) is 1. The molecule has 2 unspecified atom stereocenters. The lowest BCUT2D eigenvalue weighted by Gasteiger charge is -2.25. The minimum absolute atomic E-state index is 0.329. The minimum Gasteiger partial charge on any atom is -0.397 e. The van der Waals surface area contributed by atoms with Crippen LogP contribution in [0.1, 0.15) is 23.2 Å². The average Bonchev–Trinajstić information content (AvgIpc) is 3.11. The number of alkyl halides is 3. The van der Waals surface area contributed by atoms with E-state index in [0.29, 0.717) is 28.8 Å². The molecule has 1 aliphatic carbocycles. The molecule has 2 fully saturated rings. The predicted molar refractivity (Wildman–Crippen MR) is 87.2 cm³/mol.